The molecule has 0 amide bonds. The third-order valence-electron chi connectivity index (χ3n) is 3.75. The van der Waals surface area contributed by atoms with Crippen LogP contribution in [0.2, 0.25) is 5.02 Å². The fraction of sp³-hybridized carbons (Fsp3) is 0.692. The van der Waals surface area contributed by atoms with Gasteiger partial charge in [-0.1, -0.05) is 30.2 Å². The van der Waals surface area contributed by atoms with Crippen LogP contribution in [0, 0.1) is 6.92 Å². The van der Waals surface area contributed by atoms with Crippen molar-refractivity contribution in [3.05, 3.63) is 16.4 Å². The van der Waals surface area contributed by atoms with Gasteiger partial charge in [0.2, 0.25) is 0 Å². The molecule has 106 valence electrons. The Kier molecular flexibility index (Phi) is 4.81. The summed E-state index contributed by atoms with van der Waals surface area (Å²) in [7, 11) is 0. The molecule has 19 heavy (non-hydrogen) atoms. The van der Waals surface area contributed by atoms with Crippen molar-refractivity contribution in [1.29, 1.82) is 0 Å². The van der Waals surface area contributed by atoms with E-state index in [2.05, 4.69) is 16.9 Å². The first-order valence-electron chi connectivity index (χ1n) is 6.79. The minimum absolute atomic E-state index is 0.195. The van der Waals surface area contributed by atoms with Gasteiger partial charge in [-0.2, -0.15) is 5.10 Å². The normalized spacial score (nSPS) is 20.7. The largest absolute Gasteiger partial charge is 0.392 e. The van der Waals surface area contributed by atoms with Gasteiger partial charge in [-0.15, -0.1) is 0 Å². The monoisotopic (exact) mass is 300 g/mol. The van der Waals surface area contributed by atoms with Crippen LogP contribution < -0.4 is 5.73 Å². The van der Waals surface area contributed by atoms with Crippen LogP contribution in [-0.4, -0.2) is 32.3 Å². The molecule has 0 saturated carbocycles. The maximum absolute atomic E-state index is 6.37. The second kappa shape index (κ2) is 6.20. The van der Waals surface area contributed by atoms with Crippen LogP contribution in [0.15, 0.2) is 0 Å². The second-order valence-corrected chi connectivity index (χ2v) is 5.90. The molecule has 1 aromatic rings. The van der Waals surface area contributed by atoms with E-state index in [1.54, 1.807) is 0 Å². The Labute approximate surface area is 124 Å². The summed E-state index contributed by atoms with van der Waals surface area (Å²) in [6.07, 6.45) is 3.43. The van der Waals surface area contributed by atoms with Crippen molar-refractivity contribution in [3.63, 3.8) is 0 Å². The summed E-state index contributed by atoms with van der Waals surface area (Å²) >= 11 is 11.6. The van der Waals surface area contributed by atoms with Crippen molar-refractivity contribution >= 4 is 28.8 Å². The number of aryl methyl sites for hydroxylation is 2. The molecule has 6 heteroatoms. The molecule has 1 saturated heterocycles. The van der Waals surface area contributed by atoms with Crippen LogP contribution in [0.25, 0.3) is 0 Å². The number of hydrogen-bond donors (Lipinski definition) is 1. The molecule has 0 aliphatic carbocycles. The van der Waals surface area contributed by atoms with Crippen molar-refractivity contribution < 1.29 is 0 Å². The van der Waals surface area contributed by atoms with E-state index in [1.807, 2.05) is 11.6 Å². The molecule has 0 bridgehead atoms. The summed E-state index contributed by atoms with van der Waals surface area (Å²) in [6, 6.07) is 0.195. The number of hydrogen-bond acceptors (Lipinski definition) is 3. The Bertz CT molecular complexity index is 471. The van der Waals surface area contributed by atoms with E-state index < -0.39 is 0 Å². The second-order valence-electron chi connectivity index (χ2n) is 5.05. The van der Waals surface area contributed by atoms with Crippen LogP contribution in [0.1, 0.15) is 37.6 Å². The van der Waals surface area contributed by atoms with Crippen molar-refractivity contribution in [2.24, 2.45) is 5.73 Å². The Hall–Kier alpha value is -0.650. The Morgan fingerprint density at radius 2 is 2.26 bits per heavy atom. The lowest BCUT2D eigenvalue weighted by molar-refractivity contribution is 0.180. The van der Waals surface area contributed by atoms with Gasteiger partial charge >= 0.3 is 0 Å². The van der Waals surface area contributed by atoms with E-state index in [4.69, 9.17) is 29.6 Å². The number of halogens is 1. The van der Waals surface area contributed by atoms with Gasteiger partial charge in [0.15, 0.2) is 0 Å². The zero-order chi connectivity index (χ0) is 14.0. The molecule has 2 N–H and O–H groups in total. The SMILES string of the molecule is CCn1nc(C)c(Cl)c1CN1CCCCC1C(N)=S. The van der Waals surface area contributed by atoms with Crippen molar-refractivity contribution in [2.45, 2.75) is 52.2 Å². The summed E-state index contributed by atoms with van der Waals surface area (Å²) in [5.41, 5.74) is 7.82. The highest BCUT2D eigenvalue weighted by Crippen LogP contribution is 2.25. The topological polar surface area (TPSA) is 47.1 Å². The molecule has 2 rings (SSSR count). The Balaban J connectivity index is 2.21. The smallest absolute Gasteiger partial charge is 0.0902 e. The highest BCUT2D eigenvalue weighted by molar-refractivity contribution is 7.80. The van der Waals surface area contributed by atoms with Crippen LogP contribution in [0.5, 0.6) is 0 Å². The first-order chi connectivity index (χ1) is 9.04. The molecule has 0 spiro atoms. The number of rotatable bonds is 4. The predicted molar refractivity (Wildman–Crippen MR) is 82.5 cm³/mol. The third-order valence-corrected chi connectivity index (χ3v) is 4.51. The van der Waals surface area contributed by atoms with Crippen molar-refractivity contribution in [1.82, 2.24) is 14.7 Å². The maximum Gasteiger partial charge on any atom is 0.0902 e. The summed E-state index contributed by atoms with van der Waals surface area (Å²) in [4.78, 5) is 2.93. The summed E-state index contributed by atoms with van der Waals surface area (Å²) < 4.78 is 1.98. The van der Waals surface area contributed by atoms with E-state index in [9.17, 15) is 0 Å². The highest BCUT2D eigenvalue weighted by Gasteiger charge is 2.26. The number of thiocarbonyl (C=S) groups is 1. The molecular weight excluding hydrogens is 280 g/mol. The van der Waals surface area contributed by atoms with E-state index >= 15 is 0 Å². The molecule has 1 aliphatic heterocycles. The quantitative estimate of drug-likeness (QED) is 0.868. The minimum atomic E-state index is 0.195. The van der Waals surface area contributed by atoms with Crippen molar-refractivity contribution in [3.8, 4) is 0 Å². The van der Waals surface area contributed by atoms with E-state index in [0.29, 0.717) is 4.99 Å². The number of nitrogens with zero attached hydrogens (tertiary/aromatic N) is 3. The molecule has 1 unspecified atom stereocenters. The van der Waals surface area contributed by atoms with Gasteiger partial charge in [-0.25, -0.2) is 0 Å². The molecule has 1 fully saturated rings. The van der Waals surface area contributed by atoms with Crippen LogP contribution in [0.4, 0.5) is 0 Å². The van der Waals surface area contributed by atoms with Gasteiger partial charge in [0.25, 0.3) is 0 Å². The van der Waals surface area contributed by atoms with Crippen molar-refractivity contribution in [2.75, 3.05) is 6.54 Å². The standard InChI is InChI=1S/C13H21ClN4S/c1-3-18-11(12(14)9(2)16-18)8-17-7-5-4-6-10(17)13(15)19/h10H,3-8H2,1-2H3,(H2,15,19). The lowest BCUT2D eigenvalue weighted by Gasteiger charge is -2.35. The molecule has 0 radical (unpaired) electrons. The Morgan fingerprint density at radius 1 is 1.53 bits per heavy atom. The molecule has 1 aromatic heterocycles. The predicted octanol–water partition coefficient (Wildman–Crippen LogP) is 2.51. The number of aromatic nitrogens is 2. The fourth-order valence-electron chi connectivity index (χ4n) is 2.71. The molecule has 4 nitrogen and oxygen atoms in total. The van der Waals surface area contributed by atoms with Gasteiger partial charge in [0, 0.05) is 13.1 Å². The zero-order valence-electron chi connectivity index (χ0n) is 11.5. The molecular formula is C13H21ClN4S. The van der Waals surface area contributed by atoms with Crippen LogP contribution in [0.3, 0.4) is 0 Å². The van der Waals surface area contributed by atoms with Gasteiger partial charge in [0.05, 0.1) is 27.4 Å². The maximum atomic E-state index is 6.37. The van der Waals surface area contributed by atoms with Gasteiger partial charge in [-0.05, 0) is 33.2 Å². The van der Waals surface area contributed by atoms with Gasteiger partial charge in [0.1, 0.15) is 0 Å². The highest BCUT2D eigenvalue weighted by atomic mass is 35.5. The molecule has 1 aliphatic rings. The summed E-state index contributed by atoms with van der Waals surface area (Å²) in [6.45, 7) is 6.64. The number of piperidine rings is 1. The third kappa shape index (κ3) is 3.09. The van der Waals surface area contributed by atoms with E-state index in [1.165, 1.54) is 12.8 Å². The molecule has 1 atom stereocenters. The number of likely N-dealkylation sites (tertiary alicyclic amines) is 1. The van der Waals surface area contributed by atoms with Crippen LogP contribution in [-0.2, 0) is 13.1 Å². The average molecular weight is 301 g/mol. The molecule has 0 aromatic carbocycles. The Morgan fingerprint density at radius 3 is 2.89 bits per heavy atom. The van der Waals surface area contributed by atoms with E-state index in [-0.39, 0.29) is 6.04 Å². The lowest BCUT2D eigenvalue weighted by atomic mass is 10.0. The average Bonchev–Trinajstić information content (AvgIpc) is 2.67. The van der Waals surface area contributed by atoms with Gasteiger partial charge < -0.3 is 5.73 Å². The van der Waals surface area contributed by atoms with Gasteiger partial charge in [-0.3, -0.25) is 9.58 Å². The first-order valence-corrected chi connectivity index (χ1v) is 7.58. The first kappa shape index (κ1) is 14.8. The number of nitrogens with two attached hydrogens (primary N) is 1. The zero-order valence-corrected chi connectivity index (χ0v) is 13.1. The van der Waals surface area contributed by atoms with E-state index in [0.717, 1.165) is 42.5 Å². The lowest BCUT2D eigenvalue weighted by Crippen LogP contribution is -2.46. The summed E-state index contributed by atoms with van der Waals surface area (Å²) in [5, 5.41) is 5.23. The minimum Gasteiger partial charge on any atom is -0.392 e. The summed E-state index contributed by atoms with van der Waals surface area (Å²) in [5.74, 6) is 0. The van der Waals surface area contributed by atoms with Crippen LogP contribution >= 0.6 is 23.8 Å². The molecule has 2 heterocycles. The fourth-order valence-corrected chi connectivity index (χ4v) is 3.18.